The number of fused-ring (bicyclic) bond motifs is 6. The summed E-state index contributed by atoms with van der Waals surface area (Å²) in [4.78, 5) is 15.2. The first-order chi connectivity index (χ1) is 27.7. The molecule has 0 bridgehead atoms. The van der Waals surface area contributed by atoms with Gasteiger partial charge in [-0.15, -0.1) is 11.3 Å². The number of nitrogens with zero attached hydrogens (tertiary/aromatic N) is 4. The van der Waals surface area contributed by atoms with Crippen molar-refractivity contribution in [3.8, 4) is 62.1 Å². The number of benzene rings is 8. The predicted molar refractivity (Wildman–Crippen MR) is 234 cm³/mol. The van der Waals surface area contributed by atoms with Gasteiger partial charge in [0.1, 0.15) is 0 Å². The van der Waals surface area contributed by atoms with Crippen LogP contribution in [0.3, 0.4) is 0 Å². The van der Waals surface area contributed by atoms with Crippen molar-refractivity contribution in [1.29, 1.82) is 0 Å². The Kier molecular flexibility index (Phi) is 7.64. The van der Waals surface area contributed by atoms with Gasteiger partial charge in [0.25, 0.3) is 0 Å². The van der Waals surface area contributed by atoms with Crippen LogP contribution in [-0.2, 0) is 0 Å². The van der Waals surface area contributed by atoms with Gasteiger partial charge in [-0.3, -0.25) is 0 Å². The first-order valence-corrected chi connectivity index (χ1v) is 19.6. The van der Waals surface area contributed by atoms with E-state index in [0.717, 1.165) is 27.8 Å². The van der Waals surface area contributed by atoms with Gasteiger partial charge in [-0.1, -0.05) is 152 Å². The largest absolute Gasteiger partial charge is 0.309 e. The molecule has 0 atom stereocenters. The fourth-order valence-electron chi connectivity index (χ4n) is 8.00. The normalized spacial score (nSPS) is 11.6. The van der Waals surface area contributed by atoms with E-state index in [1.54, 1.807) is 11.3 Å². The van der Waals surface area contributed by atoms with Crippen molar-refractivity contribution in [3.05, 3.63) is 194 Å². The quantitative estimate of drug-likeness (QED) is 0.171. The third-order valence-electron chi connectivity index (χ3n) is 10.7. The molecule has 0 radical (unpaired) electrons. The molecule has 262 valence electrons. The van der Waals surface area contributed by atoms with Gasteiger partial charge >= 0.3 is 0 Å². The van der Waals surface area contributed by atoms with Crippen molar-refractivity contribution in [1.82, 2.24) is 19.5 Å². The van der Waals surface area contributed by atoms with Gasteiger partial charge in [0.2, 0.25) is 0 Å². The molecule has 0 aliphatic carbocycles. The lowest BCUT2D eigenvalue weighted by molar-refractivity contribution is 1.07. The number of hydrogen-bond acceptors (Lipinski definition) is 4. The van der Waals surface area contributed by atoms with Crippen LogP contribution in [0.15, 0.2) is 194 Å². The highest BCUT2D eigenvalue weighted by Gasteiger charge is 2.18. The van der Waals surface area contributed by atoms with Gasteiger partial charge < -0.3 is 4.57 Å². The first kappa shape index (κ1) is 32.2. The van der Waals surface area contributed by atoms with Gasteiger partial charge in [0.15, 0.2) is 17.5 Å². The summed E-state index contributed by atoms with van der Waals surface area (Å²) in [5.41, 5.74) is 11.1. The fourth-order valence-corrected chi connectivity index (χ4v) is 9.12. The summed E-state index contributed by atoms with van der Waals surface area (Å²) < 4.78 is 4.85. The summed E-state index contributed by atoms with van der Waals surface area (Å²) in [6.07, 6.45) is 0. The van der Waals surface area contributed by atoms with Crippen molar-refractivity contribution in [2.24, 2.45) is 0 Å². The molecule has 11 rings (SSSR count). The van der Waals surface area contributed by atoms with E-state index >= 15 is 0 Å². The molecule has 3 aromatic heterocycles. The van der Waals surface area contributed by atoms with Crippen LogP contribution < -0.4 is 0 Å². The summed E-state index contributed by atoms with van der Waals surface area (Å²) in [5.74, 6) is 1.95. The van der Waals surface area contributed by atoms with Crippen LogP contribution in [0.25, 0.3) is 104 Å². The molecule has 0 saturated heterocycles. The van der Waals surface area contributed by atoms with Gasteiger partial charge in [-0.25, -0.2) is 15.0 Å². The molecule has 0 aliphatic rings. The zero-order valence-electron chi connectivity index (χ0n) is 30.2. The van der Waals surface area contributed by atoms with E-state index in [2.05, 4.69) is 174 Å². The molecule has 5 heteroatoms. The molecule has 0 unspecified atom stereocenters. The number of para-hydroxylation sites is 3. The smallest absolute Gasteiger partial charge is 0.164 e. The number of aromatic nitrogens is 4. The lowest BCUT2D eigenvalue weighted by Crippen LogP contribution is -2.00. The van der Waals surface area contributed by atoms with Gasteiger partial charge in [0.05, 0.1) is 16.7 Å². The highest BCUT2D eigenvalue weighted by atomic mass is 32.1. The molecule has 3 heterocycles. The summed E-state index contributed by atoms with van der Waals surface area (Å²) in [6.45, 7) is 0. The summed E-state index contributed by atoms with van der Waals surface area (Å²) >= 11 is 1.80. The van der Waals surface area contributed by atoms with Gasteiger partial charge in [0, 0.05) is 53.2 Å². The molecule has 11 aromatic rings. The summed E-state index contributed by atoms with van der Waals surface area (Å²) in [6, 6.07) is 68.7. The van der Waals surface area contributed by atoms with Crippen LogP contribution in [0.1, 0.15) is 0 Å². The Bertz CT molecular complexity index is 3200. The first-order valence-electron chi connectivity index (χ1n) is 18.8. The highest BCUT2D eigenvalue weighted by molar-refractivity contribution is 7.25. The standard InChI is InChI=1S/C51H32N4S/c1-3-14-33(15-4-1)35-18-13-19-37(30-35)50-52-49(34-16-5-2-6-17-34)53-51(54-50)38-26-28-42-43-31-36(27-29-47(43)56-48(42)32-38)39-20-7-10-23-44(39)55-45-24-11-8-21-40(45)41-22-9-12-25-46(41)55/h1-32H. The Balaban J connectivity index is 1.03. The zero-order chi connectivity index (χ0) is 37.0. The lowest BCUT2D eigenvalue weighted by atomic mass is 10.0. The topological polar surface area (TPSA) is 43.6 Å². The maximum Gasteiger partial charge on any atom is 0.164 e. The Morgan fingerprint density at radius 1 is 0.321 bits per heavy atom. The molecule has 0 saturated carbocycles. The SMILES string of the molecule is c1ccc(-c2cccc(-c3nc(-c4ccccc4)nc(-c4ccc5c(c4)sc4ccc(-c6ccccc6-n6c7ccccc7c7ccccc76)cc45)n3)c2)cc1. The second-order valence-electron chi connectivity index (χ2n) is 14.0. The Labute approximate surface area is 327 Å². The Morgan fingerprint density at radius 3 is 1.61 bits per heavy atom. The second-order valence-corrected chi connectivity index (χ2v) is 15.1. The highest BCUT2D eigenvalue weighted by Crippen LogP contribution is 2.41. The lowest BCUT2D eigenvalue weighted by Gasteiger charge is -2.14. The Morgan fingerprint density at radius 2 is 0.875 bits per heavy atom. The zero-order valence-corrected chi connectivity index (χ0v) is 31.0. The molecule has 0 fully saturated rings. The van der Waals surface area contributed by atoms with Gasteiger partial charge in [-0.05, 0) is 59.2 Å². The van der Waals surface area contributed by atoms with E-state index in [4.69, 9.17) is 15.0 Å². The van der Waals surface area contributed by atoms with Crippen LogP contribution in [0.2, 0.25) is 0 Å². The van der Waals surface area contributed by atoms with Crippen molar-refractivity contribution in [3.63, 3.8) is 0 Å². The molecular formula is C51H32N4S. The molecule has 0 aliphatic heterocycles. The van der Waals surface area contributed by atoms with E-state index in [1.807, 2.05) is 24.3 Å². The monoisotopic (exact) mass is 732 g/mol. The van der Waals surface area contributed by atoms with Crippen LogP contribution in [0.4, 0.5) is 0 Å². The van der Waals surface area contributed by atoms with Crippen LogP contribution >= 0.6 is 11.3 Å². The second kappa shape index (κ2) is 13.3. The van der Waals surface area contributed by atoms with Gasteiger partial charge in [-0.2, -0.15) is 0 Å². The fraction of sp³-hybridized carbons (Fsp3) is 0. The minimum atomic E-state index is 0.648. The number of rotatable bonds is 6. The third kappa shape index (κ3) is 5.48. The third-order valence-corrected chi connectivity index (χ3v) is 11.8. The van der Waals surface area contributed by atoms with Crippen molar-refractivity contribution < 1.29 is 0 Å². The average Bonchev–Trinajstić information content (AvgIpc) is 3.82. The van der Waals surface area contributed by atoms with E-state index in [9.17, 15) is 0 Å². The molecular weight excluding hydrogens is 701 g/mol. The predicted octanol–water partition coefficient (Wildman–Crippen LogP) is 13.7. The molecule has 8 aromatic carbocycles. The molecule has 56 heavy (non-hydrogen) atoms. The van der Waals surface area contributed by atoms with E-state index in [0.29, 0.717) is 17.5 Å². The van der Waals surface area contributed by atoms with Crippen LogP contribution in [0.5, 0.6) is 0 Å². The molecule has 0 spiro atoms. The van der Waals surface area contributed by atoms with Crippen LogP contribution in [0, 0.1) is 0 Å². The summed E-state index contributed by atoms with van der Waals surface area (Å²) in [7, 11) is 0. The van der Waals surface area contributed by atoms with Crippen molar-refractivity contribution in [2.75, 3.05) is 0 Å². The number of thiophene rings is 1. The molecule has 4 nitrogen and oxygen atoms in total. The van der Waals surface area contributed by atoms with E-state index < -0.39 is 0 Å². The molecule has 0 amide bonds. The van der Waals surface area contributed by atoms with Crippen molar-refractivity contribution in [2.45, 2.75) is 0 Å². The maximum atomic E-state index is 5.11. The minimum absolute atomic E-state index is 0.648. The summed E-state index contributed by atoms with van der Waals surface area (Å²) in [5, 5.41) is 4.98. The van der Waals surface area contributed by atoms with E-state index in [1.165, 1.54) is 58.8 Å². The van der Waals surface area contributed by atoms with Crippen molar-refractivity contribution >= 4 is 53.3 Å². The molecule has 0 N–H and O–H groups in total. The number of hydrogen-bond donors (Lipinski definition) is 0. The van der Waals surface area contributed by atoms with Crippen LogP contribution in [-0.4, -0.2) is 19.5 Å². The minimum Gasteiger partial charge on any atom is -0.309 e. The maximum absolute atomic E-state index is 5.11. The van der Waals surface area contributed by atoms with E-state index in [-0.39, 0.29) is 0 Å². The Hall–Kier alpha value is -7.21. The average molecular weight is 733 g/mol.